The van der Waals surface area contributed by atoms with Crippen LogP contribution in [0.3, 0.4) is 0 Å². The number of methoxy groups -OCH3 is 1. The maximum Gasteiger partial charge on any atom is 0.490 e. The Labute approximate surface area is 123 Å². The van der Waals surface area contributed by atoms with Gasteiger partial charge in [0.15, 0.2) is 0 Å². The lowest BCUT2D eigenvalue weighted by Gasteiger charge is -2.05. The third-order valence-electron chi connectivity index (χ3n) is 2.13. The maximum absolute atomic E-state index is 10.8. The Morgan fingerprint density at radius 2 is 1.77 bits per heavy atom. The molecule has 0 fully saturated rings. The summed E-state index contributed by atoms with van der Waals surface area (Å²) >= 11 is 0. The second-order valence-corrected chi connectivity index (χ2v) is 3.70. The number of hydrogen-bond donors (Lipinski definition) is 4. The van der Waals surface area contributed by atoms with Crippen molar-refractivity contribution < 1.29 is 32.6 Å². The van der Waals surface area contributed by atoms with Crippen molar-refractivity contribution in [3.05, 3.63) is 35.4 Å². The number of amides is 1. The molecule has 0 aliphatic heterocycles. The number of rotatable bonds is 2. The maximum atomic E-state index is 10.8. The van der Waals surface area contributed by atoms with Crippen LogP contribution in [0.25, 0.3) is 0 Å². The van der Waals surface area contributed by atoms with Gasteiger partial charge in [-0.05, 0) is 5.56 Å². The van der Waals surface area contributed by atoms with Crippen molar-refractivity contribution in [3.8, 4) is 0 Å². The zero-order valence-corrected chi connectivity index (χ0v) is 11.4. The molecule has 1 aromatic rings. The van der Waals surface area contributed by atoms with Crippen LogP contribution in [0.1, 0.15) is 11.1 Å². The van der Waals surface area contributed by atoms with E-state index in [0.29, 0.717) is 12.1 Å². The molecule has 0 aliphatic carbocycles. The lowest BCUT2D eigenvalue weighted by atomic mass is 10.1. The van der Waals surface area contributed by atoms with E-state index in [1.807, 2.05) is 12.1 Å². The molecule has 0 aliphatic rings. The Kier molecular flexibility index (Phi) is 7.59. The molecule has 0 spiro atoms. The van der Waals surface area contributed by atoms with Crippen molar-refractivity contribution in [3.63, 3.8) is 0 Å². The predicted octanol–water partition coefficient (Wildman–Crippen LogP) is 1.46. The third-order valence-corrected chi connectivity index (χ3v) is 2.13. The minimum absolute atomic E-state index is 0.00502. The average molecular weight is 321 g/mol. The highest BCUT2D eigenvalue weighted by atomic mass is 19.4. The first-order chi connectivity index (χ1) is 10.1. The fourth-order valence-electron chi connectivity index (χ4n) is 1.03. The summed E-state index contributed by atoms with van der Waals surface area (Å²) in [4.78, 5) is 19.7. The Morgan fingerprint density at radius 1 is 1.32 bits per heavy atom. The zero-order chi connectivity index (χ0) is 17.3. The van der Waals surface area contributed by atoms with Crippen LogP contribution in [0.4, 0.5) is 18.0 Å². The molecule has 7 nitrogen and oxygen atoms in total. The van der Waals surface area contributed by atoms with Crippen LogP contribution in [0.5, 0.6) is 0 Å². The van der Waals surface area contributed by atoms with Gasteiger partial charge in [-0.25, -0.2) is 9.59 Å². The molecule has 22 heavy (non-hydrogen) atoms. The van der Waals surface area contributed by atoms with Crippen LogP contribution in [-0.2, 0) is 16.1 Å². The monoisotopic (exact) mass is 321 g/mol. The quantitative estimate of drug-likeness (QED) is 0.485. The van der Waals surface area contributed by atoms with Crippen LogP contribution in [0, 0.1) is 5.41 Å². The van der Waals surface area contributed by atoms with Gasteiger partial charge in [-0.15, -0.1) is 0 Å². The molecule has 1 rings (SSSR count). The number of benzene rings is 1. The third kappa shape index (κ3) is 7.24. The van der Waals surface area contributed by atoms with Gasteiger partial charge in [0.25, 0.3) is 0 Å². The number of carboxylic acids is 1. The molecular formula is C12H14F3N3O4. The Hall–Kier alpha value is -2.62. The van der Waals surface area contributed by atoms with Crippen LogP contribution in [-0.4, -0.2) is 36.3 Å². The molecule has 1 aromatic carbocycles. The van der Waals surface area contributed by atoms with Gasteiger partial charge in [0.1, 0.15) is 5.84 Å². The Bertz CT molecular complexity index is 529. The standard InChI is InChI=1S/C10H13N3O2.C2HF3O2/c1-15-10(14)13-9(12)8-4-2-7(6-11)3-5-8;3-2(4,5)1(6)7/h2-5H,6,11H2,1H3,(H2,12,13,14);(H,6,7). The van der Waals surface area contributed by atoms with E-state index in [-0.39, 0.29) is 5.84 Å². The minimum Gasteiger partial charge on any atom is -0.475 e. The number of amidine groups is 1. The van der Waals surface area contributed by atoms with Gasteiger partial charge >= 0.3 is 18.2 Å². The first-order valence-electron chi connectivity index (χ1n) is 5.64. The number of carbonyl (C=O) groups is 2. The smallest absolute Gasteiger partial charge is 0.475 e. The highest BCUT2D eigenvalue weighted by molar-refractivity contribution is 6.04. The van der Waals surface area contributed by atoms with Gasteiger partial charge in [0.05, 0.1) is 7.11 Å². The molecule has 0 atom stereocenters. The fourth-order valence-corrected chi connectivity index (χ4v) is 1.03. The highest BCUT2D eigenvalue weighted by Crippen LogP contribution is 2.13. The van der Waals surface area contributed by atoms with E-state index >= 15 is 0 Å². The fraction of sp³-hybridized carbons (Fsp3) is 0.250. The van der Waals surface area contributed by atoms with E-state index < -0.39 is 18.2 Å². The molecule has 0 unspecified atom stereocenters. The molecule has 0 heterocycles. The lowest BCUT2D eigenvalue weighted by Crippen LogP contribution is -2.30. The van der Waals surface area contributed by atoms with Crippen LogP contribution in [0.15, 0.2) is 24.3 Å². The minimum atomic E-state index is -5.08. The number of nitrogens with two attached hydrogens (primary N) is 1. The number of ether oxygens (including phenoxy) is 1. The van der Waals surface area contributed by atoms with Gasteiger partial charge in [-0.1, -0.05) is 24.3 Å². The van der Waals surface area contributed by atoms with Crippen LogP contribution in [0.2, 0.25) is 0 Å². The predicted molar refractivity (Wildman–Crippen MR) is 70.4 cm³/mol. The van der Waals surface area contributed by atoms with Crippen LogP contribution < -0.4 is 11.1 Å². The molecule has 10 heteroatoms. The average Bonchev–Trinajstić information content (AvgIpc) is 2.46. The SMILES string of the molecule is COC(=O)NC(=N)c1ccc(CN)cc1.O=C(O)C(F)(F)F. The van der Waals surface area contributed by atoms with Gasteiger partial charge in [-0.3, -0.25) is 10.7 Å². The molecular weight excluding hydrogens is 307 g/mol. The van der Waals surface area contributed by atoms with Gasteiger partial charge in [-0.2, -0.15) is 13.2 Å². The summed E-state index contributed by atoms with van der Waals surface area (Å²) in [5, 5.41) is 16.9. The summed E-state index contributed by atoms with van der Waals surface area (Å²) in [5.41, 5.74) is 7.02. The van der Waals surface area contributed by atoms with Crippen molar-refractivity contribution in [2.24, 2.45) is 5.73 Å². The van der Waals surface area contributed by atoms with Crippen molar-refractivity contribution in [1.82, 2.24) is 5.32 Å². The molecule has 0 saturated carbocycles. The number of aliphatic carboxylic acids is 1. The van der Waals surface area contributed by atoms with Crippen molar-refractivity contribution in [2.45, 2.75) is 12.7 Å². The van der Waals surface area contributed by atoms with Gasteiger partial charge in [0, 0.05) is 12.1 Å². The molecule has 0 aromatic heterocycles. The normalized spacial score (nSPS) is 10.0. The molecule has 0 radical (unpaired) electrons. The largest absolute Gasteiger partial charge is 0.490 e. The zero-order valence-electron chi connectivity index (χ0n) is 11.4. The molecule has 5 N–H and O–H groups in total. The van der Waals surface area contributed by atoms with E-state index in [1.54, 1.807) is 12.1 Å². The summed E-state index contributed by atoms with van der Waals surface area (Å²) in [5.74, 6) is -2.75. The van der Waals surface area contributed by atoms with Crippen molar-refractivity contribution >= 4 is 17.9 Å². The second kappa shape index (κ2) is 8.62. The second-order valence-electron chi connectivity index (χ2n) is 3.70. The summed E-state index contributed by atoms with van der Waals surface area (Å²) in [6.07, 6.45) is -5.73. The first kappa shape index (κ1) is 19.4. The summed E-state index contributed by atoms with van der Waals surface area (Å²) in [7, 11) is 1.25. The van der Waals surface area contributed by atoms with Crippen molar-refractivity contribution in [2.75, 3.05) is 7.11 Å². The molecule has 122 valence electrons. The van der Waals surface area contributed by atoms with Gasteiger partial charge < -0.3 is 15.6 Å². The molecule has 0 saturated heterocycles. The number of hydrogen-bond acceptors (Lipinski definition) is 5. The Morgan fingerprint density at radius 3 is 2.09 bits per heavy atom. The number of carboxylic acid groups (broad SMARTS) is 1. The van der Waals surface area contributed by atoms with E-state index in [4.69, 9.17) is 21.0 Å². The van der Waals surface area contributed by atoms with E-state index in [2.05, 4.69) is 10.1 Å². The van der Waals surface area contributed by atoms with E-state index in [1.165, 1.54) is 7.11 Å². The van der Waals surface area contributed by atoms with Crippen molar-refractivity contribution in [1.29, 1.82) is 5.41 Å². The Balaban J connectivity index is 0.000000534. The number of halogens is 3. The molecule has 0 bridgehead atoms. The van der Waals surface area contributed by atoms with E-state index in [0.717, 1.165) is 5.56 Å². The number of alkyl carbamates (subject to hydrolysis) is 1. The number of alkyl halides is 3. The first-order valence-corrected chi connectivity index (χ1v) is 5.64. The lowest BCUT2D eigenvalue weighted by molar-refractivity contribution is -0.192. The summed E-state index contributed by atoms with van der Waals surface area (Å²) < 4.78 is 36.1. The summed E-state index contributed by atoms with van der Waals surface area (Å²) in [6.45, 7) is 0.456. The highest BCUT2D eigenvalue weighted by Gasteiger charge is 2.38. The number of nitrogens with one attached hydrogen (secondary N) is 2. The molecule has 1 amide bonds. The number of carbonyl (C=O) groups excluding carboxylic acids is 1. The van der Waals surface area contributed by atoms with E-state index in [9.17, 15) is 18.0 Å². The van der Waals surface area contributed by atoms with Gasteiger partial charge in [0.2, 0.25) is 0 Å². The summed E-state index contributed by atoms with van der Waals surface area (Å²) in [6, 6.07) is 7.06. The van der Waals surface area contributed by atoms with Crippen LogP contribution >= 0.6 is 0 Å². The topological polar surface area (TPSA) is 126 Å².